The van der Waals surface area contributed by atoms with Crippen LogP contribution in [0, 0.1) is 0 Å². The molecule has 2 atom stereocenters. The molecule has 0 fully saturated rings. The number of rotatable bonds is 7. The van der Waals surface area contributed by atoms with Gasteiger partial charge in [-0.2, -0.15) is 0 Å². The van der Waals surface area contributed by atoms with Gasteiger partial charge in [-0.3, -0.25) is 5.32 Å². The molecule has 0 aliphatic rings. The van der Waals surface area contributed by atoms with Gasteiger partial charge in [-0.25, -0.2) is 4.79 Å². The first-order chi connectivity index (χ1) is 9.15. The van der Waals surface area contributed by atoms with Crippen molar-refractivity contribution in [2.24, 2.45) is 0 Å². The van der Waals surface area contributed by atoms with E-state index < -0.39 is 6.04 Å². The van der Waals surface area contributed by atoms with Crippen molar-refractivity contribution in [2.45, 2.75) is 25.4 Å². The monoisotopic (exact) mass is 267 g/mol. The van der Waals surface area contributed by atoms with Crippen LogP contribution in [-0.4, -0.2) is 37.9 Å². The maximum Gasteiger partial charge on any atom is 0.327 e. The van der Waals surface area contributed by atoms with Gasteiger partial charge in [0.05, 0.1) is 20.8 Å². The van der Waals surface area contributed by atoms with Crippen LogP contribution in [0.2, 0.25) is 0 Å². The van der Waals surface area contributed by atoms with Crippen LogP contribution in [0.3, 0.4) is 0 Å². The molecule has 2 unspecified atom stereocenters. The van der Waals surface area contributed by atoms with E-state index in [4.69, 9.17) is 9.47 Å². The van der Waals surface area contributed by atoms with Gasteiger partial charge in [-0.15, -0.1) is 0 Å². The Morgan fingerprint density at radius 3 is 2.37 bits per heavy atom. The fraction of sp³-hybridized carbons (Fsp3) is 0.500. The molecule has 19 heavy (non-hydrogen) atoms. The van der Waals surface area contributed by atoms with Gasteiger partial charge in [0, 0.05) is 6.04 Å². The Morgan fingerprint density at radius 2 is 1.95 bits per heavy atom. The summed E-state index contributed by atoms with van der Waals surface area (Å²) >= 11 is 0. The van der Waals surface area contributed by atoms with Crippen LogP contribution in [0.4, 0.5) is 0 Å². The first-order valence-electron chi connectivity index (χ1n) is 6.24. The van der Waals surface area contributed by atoms with E-state index in [0.717, 1.165) is 17.7 Å². The number of carbonyl (C=O) groups is 1. The summed E-state index contributed by atoms with van der Waals surface area (Å²) < 4.78 is 9.88. The first kappa shape index (κ1) is 15.5. The molecular weight excluding hydrogens is 246 g/mol. The lowest BCUT2D eigenvalue weighted by Gasteiger charge is -2.22. The number of carbonyl (C=O) groups excluding carboxylic acids is 1. The first-order valence-corrected chi connectivity index (χ1v) is 6.24. The molecular formula is C14H21NO4. The number of benzene rings is 1. The van der Waals surface area contributed by atoms with Crippen LogP contribution >= 0.6 is 0 Å². The Labute approximate surface area is 113 Å². The van der Waals surface area contributed by atoms with Gasteiger partial charge in [0.15, 0.2) is 0 Å². The molecule has 0 saturated heterocycles. The fourth-order valence-electron chi connectivity index (χ4n) is 1.75. The molecule has 5 nitrogen and oxygen atoms in total. The predicted octanol–water partition coefficient (Wildman–Crippen LogP) is 1.27. The highest BCUT2D eigenvalue weighted by molar-refractivity contribution is 5.77. The number of hydrogen-bond acceptors (Lipinski definition) is 5. The van der Waals surface area contributed by atoms with E-state index in [-0.39, 0.29) is 18.6 Å². The molecule has 0 saturated carbocycles. The van der Waals surface area contributed by atoms with E-state index in [1.807, 2.05) is 6.92 Å². The van der Waals surface area contributed by atoms with Crippen molar-refractivity contribution in [3.8, 4) is 5.75 Å². The standard InChI is InChI=1S/C14H21NO4/c1-4-11(9-16)15-13(14(17)19-3)10-5-7-12(18-2)8-6-10/h5-8,11,13,15-16H,4,9H2,1-3H3. The smallest absolute Gasteiger partial charge is 0.327 e. The number of hydrogen-bond donors (Lipinski definition) is 2. The summed E-state index contributed by atoms with van der Waals surface area (Å²) in [4.78, 5) is 11.8. The van der Waals surface area contributed by atoms with Crippen LogP contribution in [0.25, 0.3) is 0 Å². The molecule has 0 spiro atoms. The number of aliphatic hydroxyl groups is 1. The average Bonchev–Trinajstić information content (AvgIpc) is 2.48. The van der Waals surface area contributed by atoms with Gasteiger partial charge in [-0.1, -0.05) is 19.1 Å². The molecule has 1 aromatic carbocycles. The highest BCUT2D eigenvalue weighted by Crippen LogP contribution is 2.19. The second-order valence-corrected chi connectivity index (χ2v) is 4.18. The zero-order valence-electron chi connectivity index (χ0n) is 11.6. The third kappa shape index (κ3) is 4.22. The fourth-order valence-corrected chi connectivity index (χ4v) is 1.75. The molecule has 5 heteroatoms. The SMILES string of the molecule is CCC(CO)NC(C(=O)OC)c1ccc(OC)cc1. The number of nitrogens with one attached hydrogen (secondary N) is 1. The molecule has 0 aliphatic carbocycles. The third-order valence-corrected chi connectivity index (χ3v) is 3.00. The summed E-state index contributed by atoms with van der Waals surface area (Å²) in [7, 11) is 2.93. The van der Waals surface area contributed by atoms with Crippen molar-refractivity contribution in [3.63, 3.8) is 0 Å². The lowest BCUT2D eigenvalue weighted by Crippen LogP contribution is -2.39. The van der Waals surface area contributed by atoms with Gasteiger partial charge >= 0.3 is 5.97 Å². The highest BCUT2D eigenvalue weighted by atomic mass is 16.5. The van der Waals surface area contributed by atoms with Crippen LogP contribution in [0.15, 0.2) is 24.3 Å². The molecule has 1 rings (SSSR count). The molecule has 1 aromatic rings. The third-order valence-electron chi connectivity index (χ3n) is 3.00. The largest absolute Gasteiger partial charge is 0.497 e. The molecule has 0 aromatic heterocycles. The predicted molar refractivity (Wildman–Crippen MR) is 72.1 cm³/mol. The van der Waals surface area contributed by atoms with E-state index in [1.165, 1.54) is 7.11 Å². The number of ether oxygens (including phenoxy) is 2. The van der Waals surface area contributed by atoms with E-state index in [1.54, 1.807) is 31.4 Å². The minimum Gasteiger partial charge on any atom is -0.497 e. The number of aliphatic hydroxyl groups excluding tert-OH is 1. The quantitative estimate of drug-likeness (QED) is 0.728. The lowest BCUT2D eigenvalue weighted by molar-refractivity contribution is -0.143. The second kappa shape index (κ2) is 7.76. The minimum atomic E-state index is -0.590. The summed E-state index contributed by atoms with van der Waals surface area (Å²) in [6, 6.07) is 6.44. The molecule has 0 aliphatic heterocycles. The van der Waals surface area contributed by atoms with Crippen molar-refractivity contribution < 1.29 is 19.4 Å². The van der Waals surface area contributed by atoms with Crippen molar-refractivity contribution in [1.82, 2.24) is 5.32 Å². The Hall–Kier alpha value is -1.59. The topological polar surface area (TPSA) is 67.8 Å². The normalized spacial score (nSPS) is 13.7. The molecule has 106 valence electrons. The Balaban J connectivity index is 2.91. The second-order valence-electron chi connectivity index (χ2n) is 4.18. The Bertz CT molecular complexity index is 387. The molecule has 2 N–H and O–H groups in total. The van der Waals surface area contributed by atoms with E-state index in [2.05, 4.69) is 5.32 Å². The average molecular weight is 267 g/mol. The van der Waals surface area contributed by atoms with Crippen LogP contribution < -0.4 is 10.1 Å². The zero-order valence-corrected chi connectivity index (χ0v) is 11.6. The molecule has 0 bridgehead atoms. The number of esters is 1. The van der Waals surface area contributed by atoms with Crippen LogP contribution in [0.5, 0.6) is 5.75 Å². The maximum atomic E-state index is 11.8. The summed E-state index contributed by atoms with van der Waals surface area (Å²) in [5, 5.41) is 12.3. The van der Waals surface area contributed by atoms with Crippen LogP contribution in [0.1, 0.15) is 24.9 Å². The molecule has 0 amide bonds. The van der Waals surface area contributed by atoms with E-state index >= 15 is 0 Å². The summed E-state index contributed by atoms with van der Waals surface area (Å²) in [6.07, 6.45) is 0.722. The summed E-state index contributed by atoms with van der Waals surface area (Å²) in [5.41, 5.74) is 0.777. The highest BCUT2D eigenvalue weighted by Gasteiger charge is 2.23. The lowest BCUT2D eigenvalue weighted by atomic mass is 10.0. The van der Waals surface area contributed by atoms with Gasteiger partial charge in [0.25, 0.3) is 0 Å². The zero-order chi connectivity index (χ0) is 14.3. The van der Waals surface area contributed by atoms with E-state index in [0.29, 0.717) is 0 Å². The van der Waals surface area contributed by atoms with Crippen molar-refractivity contribution in [2.75, 3.05) is 20.8 Å². The minimum absolute atomic E-state index is 0.0276. The van der Waals surface area contributed by atoms with Gasteiger partial charge < -0.3 is 14.6 Å². The summed E-state index contributed by atoms with van der Waals surface area (Å²) in [5.74, 6) is 0.346. The van der Waals surface area contributed by atoms with Crippen molar-refractivity contribution in [1.29, 1.82) is 0 Å². The molecule has 0 radical (unpaired) electrons. The van der Waals surface area contributed by atoms with Gasteiger partial charge in [0.1, 0.15) is 11.8 Å². The Kier molecular flexibility index (Phi) is 6.32. The van der Waals surface area contributed by atoms with Gasteiger partial charge in [-0.05, 0) is 24.1 Å². The number of methoxy groups -OCH3 is 2. The van der Waals surface area contributed by atoms with Crippen molar-refractivity contribution >= 4 is 5.97 Å². The summed E-state index contributed by atoms with van der Waals surface area (Å²) in [6.45, 7) is 1.91. The molecule has 0 heterocycles. The van der Waals surface area contributed by atoms with Crippen molar-refractivity contribution in [3.05, 3.63) is 29.8 Å². The Morgan fingerprint density at radius 1 is 1.32 bits per heavy atom. The maximum absolute atomic E-state index is 11.8. The van der Waals surface area contributed by atoms with Gasteiger partial charge in [0.2, 0.25) is 0 Å². The van der Waals surface area contributed by atoms with Crippen LogP contribution in [-0.2, 0) is 9.53 Å². The van der Waals surface area contributed by atoms with E-state index in [9.17, 15) is 9.90 Å².